The van der Waals surface area contributed by atoms with Crippen molar-refractivity contribution in [3.63, 3.8) is 0 Å². The Morgan fingerprint density at radius 1 is 1.26 bits per heavy atom. The second-order valence-corrected chi connectivity index (χ2v) is 5.94. The van der Waals surface area contributed by atoms with E-state index in [1.54, 1.807) is 18.2 Å². The van der Waals surface area contributed by atoms with Gasteiger partial charge >= 0.3 is 0 Å². The number of amides is 1. The molecular formula is C18H17N5O4. The van der Waals surface area contributed by atoms with Gasteiger partial charge in [-0.15, -0.1) is 5.10 Å². The van der Waals surface area contributed by atoms with Crippen LogP contribution < -0.4 is 19.5 Å². The first-order valence-corrected chi connectivity index (χ1v) is 8.34. The van der Waals surface area contributed by atoms with Gasteiger partial charge in [0.05, 0.1) is 11.7 Å². The Balaban J connectivity index is 1.34. The summed E-state index contributed by atoms with van der Waals surface area (Å²) in [5.74, 6) is 1.72. The molecule has 0 fully saturated rings. The number of hydrogen-bond donors (Lipinski definition) is 1. The molecular weight excluding hydrogens is 350 g/mol. The van der Waals surface area contributed by atoms with Crippen LogP contribution in [0.25, 0.3) is 5.69 Å². The van der Waals surface area contributed by atoms with Gasteiger partial charge in [-0.05, 0) is 47.2 Å². The smallest absolute Gasteiger partial charge is 0.258 e. The normalized spacial score (nSPS) is 13.2. The topological polar surface area (TPSA) is 100 Å². The molecule has 3 aromatic rings. The summed E-state index contributed by atoms with van der Waals surface area (Å²) in [6, 6.07) is 12.6. The van der Waals surface area contributed by atoms with E-state index < -0.39 is 0 Å². The summed E-state index contributed by atoms with van der Waals surface area (Å²) in [7, 11) is 0. The van der Waals surface area contributed by atoms with Gasteiger partial charge in [-0.1, -0.05) is 12.1 Å². The molecule has 0 saturated heterocycles. The number of rotatable bonds is 6. The first-order chi connectivity index (χ1) is 13.2. The maximum atomic E-state index is 12.2. The molecule has 0 radical (unpaired) electrons. The number of nitrogens with zero attached hydrogens (tertiary/aromatic N) is 4. The van der Waals surface area contributed by atoms with Crippen LogP contribution in [0.3, 0.4) is 0 Å². The zero-order valence-corrected chi connectivity index (χ0v) is 14.5. The highest BCUT2D eigenvalue weighted by Crippen LogP contribution is 2.34. The van der Waals surface area contributed by atoms with Crippen molar-refractivity contribution in [2.75, 3.05) is 13.4 Å². The Kier molecular flexibility index (Phi) is 4.56. The number of ether oxygens (including phenoxy) is 3. The highest BCUT2D eigenvalue weighted by Gasteiger charge is 2.17. The second-order valence-electron chi connectivity index (χ2n) is 5.94. The number of nitrogens with one attached hydrogen (secondary N) is 1. The molecule has 9 heteroatoms. The minimum absolute atomic E-state index is 0.103. The maximum absolute atomic E-state index is 12.2. The van der Waals surface area contributed by atoms with E-state index in [1.807, 2.05) is 31.2 Å². The zero-order valence-electron chi connectivity index (χ0n) is 14.5. The quantitative estimate of drug-likeness (QED) is 0.707. The molecule has 1 aliphatic rings. The van der Waals surface area contributed by atoms with Gasteiger partial charge in [0.1, 0.15) is 12.1 Å². The SMILES string of the molecule is C[C@H](NC(=O)COc1cccc(-n2cnnn2)c1)c1ccc2c(c1)OCO2. The van der Waals surface area contributed by atoms with Crippen LogP contribution in [-0.4, -0.2) is 39.5 Å². The summed E-state index contributed by atoms with van der Waals surface area (Å²) in [5.41, 5.74) is 1.67. The van der Waals surface area contributed by atoms with Crippen LogP contribution in [0.4, 0.5) is 0 Å². The van der Waals surface area contributed by atoms with E-state index in [4.69, 9.17) is 14.2 Å². The van der Waals surface area contributed by atoms with E-state index in [2.05, 4.69) is 20.8 Å². The third kappa shape index (κ3) is 3.81. The molecule has 1 N–H and O–H groups in total. The van der Waals surface area contributed by atoms with Crippen molar-refractivity contribution in [2.45, 2.75) is 13.0 Å². The van der Waals surface area contributed by atoms with Gasteiger partial charge in [-0.2, -0.15) is 0 Å². The molecule has 0 bridgehead atoms. The molecule has 2 aromatic carbocycles. The molecule has 0 saturated carbocycles. The van der Waals surface area contributed by atoms with Gasteiger partial charge in [-0.25, -0.2) is 4.68 Å². The third-order valence-corrected chi connectivity index (χ3v) is 4.08. The lowest BCUT2D eigenvalue weighted by molar-refractivity contribution is -0.123. The fourth-order valence-corrected chi connectivity index (χ4v) is 2.69. The van der Waals surface area contributed by atoms with E-state index in [0.29, 0.717) is 17.2 Å². The fourth-order valence-electron chi connectivity index (χ4n) is 2.69. The van der Waals surface area contributed by atoms with E-state index in [9.17, 15) is 4.79 Å². The first kappa shape index (κ1) is 16.8. The summed E-state index contributed by atoms with van der Waals surface area (Å²) in [6.07, 6.45) is 1.48. The third-order valence-electron chi connectivity index (χ3n) is 4.08. The Labute approximate surface area is 154 Å². The van der Waals surface area contributed by atoms with Crippen LogP contribution in [0.2, 0.25) is 0 Å². The zero-order chi connectivity index (χ0) is 18.6. The van der Waals surface area contributed by atoms with Crippen molar-refractivity contribution in [1.29, 1.82) is 0 Å². The minimum Gasteiger partial charge on any atom is -0.484 e. The van der Waals surface area contributed by atoms with Crippen LogP contribution in [-0.2, 0) is 4.79 Å². The van der Waals surface area contributed by atoms with Gasteiger partial charge in [0, 0.05) is 6.07 Å². The van der Waals surface area contributed by atoms with Crippen LogP contribution in [0.5, 0.6) is 17.2 Å². The molecule has 27 heavy (non-hydrogen) atoms. The molecule has 2 heterocycles. The number of carbonyl (C=O) groups excluding carboxylic acids is 1. The standard InChI is InChI=1S/C18H17N5O4/c1-12(13-5-6-16-17(7-13)27-11-26-16)20-18(24)9-25-15-4-2-3-14(8-15)23-10-19-21-22-23/h2-8,10,12H,9,11H2,1H3,(H,20,24)/t12-/m0/s1. The molecule has 1 aliphatic heterocycles. The van der Waals surface area contributed by atoms with Gasteiger partial charge in [0.2, 0.25) is 6.79 Å². The first-order valence-electron chi connectivity index (χ1n) is 8.34. The van der Waals surface area contributed by atoms with E-state index >= 15 is 0 Å². The molecule has 1 aromatic heterocycles. The van der Waals surface area contributed by atoms with Crippen LogP contribution in [0.1, 0.15) is 18.5 Å². The average molecular weight is 367 g/mol. The maximum Gasteiger partial charge on any atom is 0.258 e. The van der Waals surface area contributed by atoms with Gasteiger partial charge in [0.15, 0.2) is 18.1 Å². The molecule has 0 aliphatic carbocycles. The number of carbonyl (C=O) groups is 1. The minimum atomic E-state index is -0.229. The highest BCUT2D eigenvalue weighted by atomic mass is 16.7. The van der Waals surface area contributed by atoms with Crippen molar-refractivity contribution in [3.8, 4) is 22.9 Å². The molecule has 4 rings (SSSR count). The number of hydrogen-bond acceptors (Lipinski definition) is 7. The predicted octanol–water partition coefficient (Wildman–Crippen LogP) is 1.65. The van der Waals surface area contributed by atoms with Crippen LogP contribution >= 0.6 is 0 Å². The van der Waals surface area contributed by atoms with Crippen LogP contribution in [0, 0.1) is 0 Å². The molecule has 0 unspecified atom stereocenters. The number of fused-ring (bicyclic) bond motifs is 1. The Hall–Kier alpha value is -3.62. The summed E-state index contributed by atoms with van der Waals surface area (Å²) >= 11 is 0. The predicted molar refractivity (Wildman–Crippen MR) is 93.8 cm³/mol. The van der Waals surface area contributed by atoms with E-state index in [0.717, 1.165) is 11.3 Å². The molecule has 1 amide bonds. The second kappa shape index (κ2) is 7.32. The lowest BCUT2D eigenvalue weighted by Crippen LogP contribution is -2.31. The molecule has 1 atom stereocenters. The molecule has 0 spiro atoms. The highest BCUT2D eigenvalue weighted by molar-refractivity contribution is 5.78. The monoisotopic (exact) mass is 367 g/mol. The summed E-state index contributed by atoms with van der Waals surface area (Å²) in [6.45, 7) is 2.01. The Morgan fingerprint density at radius 3 is 3.00 bits per heavy atom. The fraction of sp³-hybridized carbons (Fsp3) is 0.222. The summed E-state index contributed by atoms with van der Waals surface area (Å²) < 4.78 is 17.7. The van der Waals surface area contributed by atoms with Crippen molar-refractivity contribution >= 4 is 5.91 Å². The van der Waals surface area contributed by atoms with Crippen molar-refractivity contribution in [2.24, 2.45) is 0 Å². The lowest BCUT2D eigenvalue weighted by Gasteiger charge is -2.15. The number of tetrazole rings is 1. The Morgan fingerprint density at radius 2 is 2.15 bits per heavy atom. The van der Waals surface area contributed by atoms with Gasteiger partial charge < -0.3 is 19.5 Å². The van der Waals surface area contributed by atoms with E-state index in [-0.39, 0.29) is 25.3 Å². The lowest BCUT2D eigenvalue weighted by atomic mass is 10.1. The molecule has 9 nitrogen and oxygen atoms in total. The van der Waals surface area contributed by atoms with Crippen molar-refractivity contribution in [3.05, 3.63) is 54.4 Å². The summed E-state index contributed by atoms with van der Waals surface area (Å²) in [5, 5.41) is 13.9. The Bertz CT molecular complexity index is 945. The van der Waals surface area contributed by atoms with Gasteiger partial charge in [-0.3, -0.25) is 4.79 Å². The number of aromatic nitrogens is 4. The van der Waals surface area contributed by atoms with Crippen LogP contribution in [0.15, 0.2) is 48.8 Å². The molecule has 138 valence electrons. The number of benzene rings is 2. The van der Waals surface area contributed by atoms with Crippen molar-refractivity contribution < 1.29 is 19.0 Å². The largest absolute Gasteiger partial charge is 0.484 e. The van der Waals surface area contributed by atoms with Gasteiger partial charge in [0.25, 0.3) is 5.91 Å². The average Bonchev–Trinajstić information content (AvgIpc) is 3.37. The summed E-state index contributed by atoms with van der Waals surface area (Å²) in [4.78, 5) is 12.2. The van der Waals surface area contributed by atoms with Crippen molar-refractivity contribution in [1.82, 2.24) is 25.5 Å². The van der Waals surface area contributed by atoms with E-state index in [1.165, 1.54) is 11.0 Å².